The number of hydrogen-bond acceptors (Lipinski definition) is 4. The van der Waals surface area contributed by atoms with Crippen LogP contribution < -0.4 is 19.9 Å². The Morgan fingerprint density at radius 3 is 2.54 bits per heavy atom. The van der Waals surface area contributed by atoms with Gasteiger partial charge in [-0.05, 0) is 43.3 Å². The number of fused-ring (bicyclic) bond motifs is 1. The van der Waals surface area contributed by atoms with E-state index in [1.807, 2.05) is 67.5 Å². The lowest BCUT2D eigenvalue weighted by atomic mass is 10.1. The number of carbonyl (C=O) groups excluding carboxylic acids is 2. The minimum atomic E-state index is -0.550. The van der Waals surface area contributed by atoms with Crippen LogP contribution in [0.4, 0.5) is 17.1 Å². The van der Waals surface area contributed by atoms with E-state index in [-0.39, 0.29) is 18.2 Å². The molecule has 1 aliphatic rings. The van der Waals surface area contributed by atoms with Gasteiger partial charge in [0.15, 0.2) is 6.10 Å². The first-order valence-electron chi connectivity index (χ1n) is 8.60. The molecule has 6 heteroatoms. The van der Waals surface area contributed by atoms with Gasteiger partial charge < -0.3 is 19.9 Å². The predicted molar refractivity (Wildman–Crippen MR) is 103 cm³/mol. The van der Waals surface area contributed by atoms with Gasteiger partial charge in [-0.15, -0.1) is 0 Å². The van der Waals surface area contributed by atoms with Crippen molar-refractivity contribution in [3.63, 3.8) is 0 Å². The largest absolute Gasteiger partial charge is 0.479 e. The number of carbonyl (C=O) groups is 2. The summed E-state index contributed by atoms with van der Waals surface area (Å²) in [5, 5.41) is 2.87. The Balaban J connectivity index is 1.63. The Morgan fingerprint density at radius 1 is 1.15 bits per heavy atom. The summed E-state index contributed by atoms with van der Waals surface area (Å²) in [6.45, 7) is 2.03. The van der Waals surface area contributed by atoms with Crippen LogP contribution >= 0.6 is 0 Å². The van der Waals surface area contributed by atoms with Crippen molar-refractivity contribution < 1.29 is 14.3 Å². The molecule has 0 saturated carbocycles. The van der Waals surface area contributed by atoms with E-state index in [1.54, 1.807) is 11.8 Å². The van der Waals surface area contributed by atoms with Gasteiger partial charge in [-0.1, -0.05) is 12.1 Å². The SMILES string of the molecule is CC1Oc2ccccc2N(CCC(=O)Nc2ccc(N(C)C)cc2)C1=O. The highest BCUT2D eigenvalue weighted by molar-refractivity contribution is 6.00. The van der Waals surface area contributed by atoms with Gasteiger partial charge in [-0.3, -0.25) is 9.59 Å². The van der Waals surface area contributed by atoms with E-state index in [0.29, 0.717) is 18.0 Å². The fourth-order valence-corrected chi connectivity index (χ4v) is 2.87. The monoisotopic (exact) mass is 353 g/mol. The second-order valence-corrected chi connectivity index (χ2v) is 6.46. The molecule has 1 aliphatic heterocycles. The molecule has 136 valence electrons. The molecule has 6 nitrogen and oxygen atoms in total. The minimum absolute atomic E-state index is 0.132. The lowest BCUT2D eigenvalue weighted by molar-refractivity contribution is -0.125. The predicted octanol–water partition coefficient (Wildman–Crippen LogP) is 2.90. The number of ether oxygens (including phenoxy) is 1. The molecule has 0 aliphatic carbocycles. The van der Waals surface area contributed by atoms with Gasteiger partial charge in [0.2, 0.25) is 5.91 Å². The van der Waals surface area contributed by atoms with E-state index < -0.39 is 6.10 Å². The van der Waals surface area contributed by atoms with Crippen molar-refractivity contribution in [3.05, 3.63) is 48.5 Å². The Labute approximate surface area is 153 Å². The molecule has 1 heterocycles. The molecule has 0 bridgehead atoms. The van der Waals surface area contributed by atoms with E-state index in [0.717, 1.165) is 11.4 Å². The molecule has 2 aromatic rings. The summed E-state index contributed by atoms with van der Waals surface area (Å²) in [6.07, 6.45) is -0.339. The molecule has 3 rings (SSSR count). The van der Waals surface area contributed by atoms with Gasteiger partial charge in [0.25, 0.3) is 5.91 Å². The van der Waals surface area contributed by atoms with Crippen molar-refractivity contribution in [3.8, 4) is 5.75 Å². The standard InChI is InChI=1S/C20H23N3O3/c1-14-20(25)23(17-6-4-5-7-18(17)26-14)13-12-19(24)21-15-8-10-16(11-9-15)22(2)3/h4-11,14H,12-13H2,1-3H3,(H,21,24). The van der Waals surface area contributed by atoms with Crippen molar-refractivity contribution in [2.45, 2.75) is 19.4 Å². The van der Waals surface area contributed by atoms with Gasteiger partial charge in [-0.2, -0.15) is 0 Å². The zero-order valence-electron chi connectivity index (χ0n) is 15.2. The smallest absolute Gasteiger partial charge is 0.267 e. The van der Waals surface area contributed by atoms with E-state index >= 15 is 0 Å². The molecule has 1 N–H and O–H groups in total. The molecular weight excluding hydrogens is 330 g/mol. The quantitative estimate of drug-likeness (QED) is 0.898. The number of anilines is 3. The summed E-state index contributed by atoms with van der Waals surface area (Å²) in [5.41, 5.74) is 2.51. The molecular formula is C20H23N3O3. The molecule has 1 unspecified atom stereocenters. The fraction of sp³-hybridized carbons (Fsp3) is 0.300. The summed E-state index contributed by atoms with van der Waals surface area (Å²) in [7, 11) is 3.93. The van der Waals surface area contributed by atoms with Crippen molar-refractivity contribution in [2.24, 2.45) is 0 Å². The van der Waals surface area contributed by atoms with Crippen LogP contribution in [-0.2, 0) is 9.59 Å². The molecule has 26 heavy (non-hydrogen) atoms. The van der Waals surface area contributed by atoms with Crippen LogP contribution in [0.5, 0.6) is 5.75 Å². The van der Waals surface area contributed by atoms with Crippen molar-refractivity contribution in [1.82, 2.24) is 0 Å². The Kier molecular flexibility index (Phi) is 5.11. The van der Waals surface area contributed by atoms with Gasteiger partial charge in [-0.25, -0.2) is 0 Å². The Morgan fingerprint density at radius 2 is 1.85 bits per heavy atom. The van der Waals surface area contributed by atoms with E-state index in [2.05, 4.69) is 5.32 Å². The van der Waals surface area contributed by atoms with Crippen LogP contribution in [0.3, 0.4) is 0 Å². The number of amides is 2. The van der Waals surface area contributed by atoms with Crippen molar-refractivity contribution in [2.75, 3.05) is 35.8 Å². The second kappa shape index (κ2) is 7.47. The third kappa shape index (κ3) is 3.79. The third-order valence-electron chi connectivity index (χ3n) is 4.30. The van der Waals surface area contributed by atoms with Crippen LogP contribution in [0.1, 0.15) is 13.3 Å². The molecule has 0 spiro atoms. The summed E-state index contributed by atoms with van der Waals surface area (Å²) >= 11 is 0. The average Bonchev–Trinajstić information content (AvgIpc) is 2.62. The number of rotatable bonds is 5. The normalized spacial score (nSPS) is 15.9. The van der Waals surface area contributed by atoms with Crippen molar-refractivity contribution >= 4 is 28.9 Å². The second-order valence-electron chi connectivity index (χ2n) is 6.46. The highest BCUT2D eigenvalue weighted by atomic mass is 16.5. The number of nitrogens with one attached hydrogen (secondary N) is 1. The molecule has 2 aromatic carbocycles. The minimum Gasteiger partial charge on any atom is -0.479 e. The summed E-state index contributed by atoms with van der Waals surface area (Å²) in [6, 6.07) is 15.0. The van der Waals surface area contributed by atoms with Crippen LogP contribution in [0.25, 0.3) is 0 Å². The Bertz CT molecular complexity index is 802. The number of nitrogens with zero attached hydrogens (tertiary/aromatic N) is 2. The molecule has 0 radical (unpaired) electrons. The number of para-hydroxylation sites is 2. The fourth-order valence-electron chi connectivity index (χ4n) is 2.87. The van der Waals surface area contributed by atoms with Crippen LogP contribution in [0.2, 0.25) is 0 Å². The molecule has 0 fully saturated rings. The van der Waals surface area contributed by atoms with Gasteiger partial charge in [0, 0.05) is 38.4 Å². The van der Waals surface area contributed by atoms with Crippen molar-refractivity contribution in [1.29, 1.82) is 0 Å². The first-order chi connectivity index (χ1) is 12.5. The third-order valence-corrected chi connectivity index (χ3v) is 4.30. The summed E-state index contributed by atoms with van der Waals surface area (Å²) in [5.74, 6) is 0.401. The number of hydrogen-bond donors (Lipinski definition) is 1. The van der Waals surface area contributed by atoms with Gasteiger partial charge in [0.1, 0.15) is 5.75 Å². The van der Waals surface area contributed by atoms with Crippen LogP contribution in [0, 0.1) is 0 Å². The van der Waals surface area contributed by atoms with E-state index in [1.165, 1.54) is 0 Å². The zero-order valence-corrected chi connectivity index (χ0v) is 15.2. The summed E-state index contributed by atoms with van der Waals surface area (Å²) < 4.78 is 5.61. The maximum Gasteiger partial charge on any atom is 0.267 e. The lowest BCUT2D eigenvalue weighted by Crippen LogP contribution is -2.45. The zero-order chi connectivity index (χ0) is 18.7. The van der Waals surface area contributed by atoms with E-state index in [4.69, 9.17) is 4.74 Å². The Hall–Kier alpha value is -3.02. The first-order valence-corrected chi connectivity index (χ1v) is 8.60. The van der Waals surface area contributed by atoms with Crippen LogP contribution in [0.15, 0.2) is 48.5 Å². The maximum atomic E-state index is 12.4. The maximum absolute atomic E-state index is 12.4. The average molecular weight is 353 g/mol. The topological polar surface area (TPSA) is 61.9 Å². The number of benzene rings is 2. The first kappa shape index (κ1) is 17.8. The molecule has 0 saturated heterocycles. The molecule has 1 atom stereocenters. The highest BCUT2D eigenvalue weighted by Crippen LogP contribution is 2.33. The lowest BCUT2D eigenvalue weighted by Gasteiger charge is -2.32. The molecule has 0 aromatic heterocycles. The van der Waals surface area contributed by atoms with Gasteiger partial charge in [0.05, 0.1) is 5.69 Å². The van der Waals surface area contributed by atoms with Crippen LogP contribution in [-0.4, -0.2) is 38.6 Å². The highest BCUT2D eigenvalue weighted by Gasteiger charge is 2.31. The molecule has 2 amide bonds. The van der Waals surface area contributed by atoms with Gasteiger partial charge >= 0.3 is 0 Å². The summed E-state index contributed by atoms with van der Waals surface area (Å²) in [4.78, 5) is 28.3. The van der Waals surface area contributed by atoms with E-state index in [9.17, 15) is 9.59 Å².